The third-order valence-corrected chi connectivity index (χ3v) is 14.6. The summed E-state index contributed by atoms with van der Waals surface area (Å²) in [5.74, 6) is 0. The Hall–Kier alpha value is 2.49. The standard InChI is InChI=1S/3C9H21P.2ClH.Ru/c3*1-4-7-10(8-5-2)9-6-3;;;/h3*4-9H2,1-3H3;2*1H;/q;;;;;+2/p-2. The van der Waals surface area contributed by atoms with Crippen LogP contribution >= 0.6 is 43.1 Å². The Balaban J connectivity index is -0.000000180. The van der Waals surface area contributed by atoms with Gasteiger partial charge in [0.2, 0.25) is 0 Å². The van der Waals surface area contributed by atoms with Gasteiger partial charge in [0.1, 0.15) is 0 Å². The van der Waals surface area contributed by atoms with Crippen molar-refractivity contribution in [2.24, 2.45) is 0 Å². The molecule has 0 N–H and O–H groups in total. The van der Waals surface area contributed by atoms with Gasteiger partial charge in [-0.2, -0.15) is 0 Å². The zero-order valence-corrected chi connectivity index (χ0v) is 30.1. The number of hydrogen-bond donors (Lipinski definition) is 0. The van der Waals surface area contributed by atoms with E-state index in [9.17, 15) is 0 Å². The molecule has 0 radical (unpaired) electrons. The van der Waals surface area contributed by atoms with Gasteiger partial charge in [-0.15, -0.1) is 23.8 Å². The summed E-state index contributed by atoms with van der Waals surface area (Å²) in [7, 11) is 11.0. The molecule has 0 aliphatic carbocycles. The summed E-state index contributed by atoms with van der Waals surface area (Å²) in [5, 5.41) is 0. The Morgan fingerprint density at radius 3 is 0.485 bits per heavy atom. The van der Waals surface area contributed by atoms with Crippen LogP contribution in [0.3, 0.4) is 0 Å². The quantitative estimate of drug-likeness (QED) is 0.102. The summed E-state index contributed by atoms with van der Waals surface area (Å²) in [4.78, 5) is 0. The van der Waals surface area contributed by atoms with Crippen molar-refractivity contribution < 1.29 is 15.1 Å². The molecule has 0 unspecified atom stereocenters. The molecular weight excluding hydrogens is 589 g/mol. The van der Waals surface area contributed by atoms with Gasteiger partial charge in [-0.3, -0.25) is 0 Å². The van der Waals surface area contributed by atoms with E-state index in [0.29, 0.717) is 23.8 Å². The molecule has 0 aromatic carbocycles. The van der Waals surface area contributed by atoms with Crippen molar-refractivity contribution in [1.82, 2.24) is 0 Å². The Labute approximate surface area is 232 Å². The van der Waals surface area contributed by atoms with Crippen LogP contribution in [0, 0.1) is 0 Å². The number of rotatable bonds is 18. The fourth-order valence-electron chi connectivity index (χ4n) is 3.85. The average molecular weight is 653 g/mol. The first-order chi connectivity index (χ1) is 16.0. The first-order valence-corrected chi connectivity index (χ1v) is 24.1. The molecule has 0 aliphatic heterocycles. The van der Waals surface area contributed by atoms with Gasteiger partial charge in [-0.1, -0.05) is 120 Å². The molecule has 6 heteroatoms. The molecule has 0 aliphatic rings. The van der Waals surface area contributed by atoms with Gasteiger partial charge in [-0.25, -0.2) is 0 Å². The summed E-state index contributed by atoms with van der Waals surface area (Å²) in [6, 6.07) is 0. The molecule has 208 valence electrons. The summed E-state index contributed by atoms with van der Waals surface area (Å²) in [5.41, 5.74) is 0. The predicted octanol–water partition coefficient (Wildman–Crippen LogP) is 12.5. The Morgan fingerprint density at radius 2 is 0.424 bits per heavy atom. The second kappa shape index (κ2) is 41.6. The maximum atomic E-state index is 4.85. The Kier molecular flexibility index (Phi) is 53.7. The van der Waals surface area contributed by atoms with E-state index in [1.54, 1.807) is 0 Å². The maximum absolute atomic E-state index is 4.85. The van der Waals surface area contributed by atoms with Crippen LogP contribution in [-0.2, 0) is 15.1 Å². The molecule has 0 fully saturated rings. The van der Waals surface area contributed by atoms with E-state index in [1.165, 1.54) is 113 Å². The summed E-state index contributed by atoms with van der Waals surface area (Å²) < 4.78 is 0. The molecule has 0 aromatic heterocycles. The second-order valence-electron chi connectivity index (χ2n) is 8.58. The molecule has 33 heavy (non-hydrogen) atoms. The molecule has 0 nitrogen and oxygen atoms in total. The van der Waals surface area contributed by atoms with Crippen molar-refractivity contribution in [3.05, 3.63) is 0 Å². The first kappa shape index (κ1) is 42.6. The van der Waals surface area contributed by atoms with Crippen molar-refractivity contribution in [3.8, 4) is 0 Å². The minimum atomic E-state index is -0.346. The minimum absolute atomic E-state index is 0.346. The van der Waals surface area contributed by atoms with Crippen molar-refractivity contribution >= 4 is 43.1 Å². The van der Waals surface area contributed by atoms with Gasteiger partial charge >= 0.3 is 34.5 Å². The van der Waals surface area contributed by atoms with Gasteiger partial charge in [0.25, 0.3) is 0 Å². The fraction of sp³-hybridized carbons (Fsp3) is 1.00. The van der Waals surface area contributed by atoms with Crippen LogP contribution in [0.2, 0.25) is 0 Å². The molecule has 0 saturated carbocycles. The SMILES string of the molecule is CCCP(CCC)CCC.CCCP(CCC)CCC.CCCP(CCC)CCC.[Cl][Ru][Cl]. The molecule has 0 bridgehead atoms. The number of halogens is 2. The summed E-state index contributed by atoms with van der Waals surface area (Å²) >= 11 is -0.346. The fourth-order valence-corrected chi connectivity index (χ4v) is 11.6. The summed E-state index contributed by atoms with van der Waals surface area (Å²) in [6.45, 7) is 20.8. The average Bonchev–Trinajstić information content (AvgIpc) is 2.77. The van der Waals surface area contributed by atoms with Gasteiger partial charge in [-0.05, 0) is 55.5 Å². The second-order valence-corrected chi connectivity index (χ2v) is 19.3. The topological polar surface area (TPSA) is 0 Å². The van der Waals surface area contributed by atoms with Crippen molar-refractivity contribution in [2.75, 3.05) is 55.5 Å². The zero-order valence-electron chi connectivity index (χ0n) is 24.2. The van der Waals surface area contributed by atoms with Crippen LogP contribution in [0.5, 0.6) is 0 Å². The molecule has 0 atom stereocenters. The molecule has 0 amide bonds. The van der Waals surface area contributed by atoms with Crippen LogP contribution in [-0.4, -0.2) is 55.5 Å². The predicted molar refractivity (Wildman–Crippen MR) is 169 cm³/mol. The first-order valence-electron chi connectivity index (χ1n) is 14.0. The van der Waals surface area contributed by atoms with Crippen molar-refractivity contribution in [3.63, 3.8) is 0 Å². The van der Waals surface area contributed by atoms with Crippen LogP contribution in [0.25, 0.3) is 0 Å². The molecule has 0 spiro atoms. The Bertz CT molecular complexity index is 215. The Morgan fingerprint density at radius 1 is 0.333 bits per heavy atom. The van der Waals surface area contributed by atoms with Crippen LogP contribution in [0.4, 0.5) is 0 Å². The molecule has 0 rings (SSSR count). The van der Waals surface area contributed by atoms with E-state index in [0.717, 1.165) is 0 Å². The van der Waals surface area contributed by atoms with E-state index in [-0.39, 0.29) is 15.1 Å². The third kappa shape index (κ3) is 41.9. The van der Waals surface area contributed by atoms with E-state index in [2.05, 4.69) is 62.3 Å². The number of hydrogen-bond acceptors (Lipinski definition) is 0. The molecular formula is C27H63Cl2P3Ru. The molecule has 0 saturated heterocycles. The molecule has 0 aromatic rings. The van der Waals surface area contributed by atoms with Crippen LogP contribution < -0.4 is 0 Å². The molecule has 0 heterocycles. The third-order valence-electron chi connectivity index (χ3n) is 4.86. The monoisotopic (exact) mass is 652 g/mol. The van der Waals surface area contributed by atoms with Crippen LogP contribution in [0.1, 0.15) is 120 Å². The van der Waals surface area contributed by atoms with Crippen LogP contribution in [0.15, 0.2) is 0 Å². The summed E-state index contributed by atoms with van der Waals surface area (Å²) in [6.07, 6.45) is 26.1. The van der Waals surface area contributed by atoms with Gasteiger partial charge < -0.3 is 0 Å². The van der Waals surface area contributed by atoms with Gasteiger partial charge in [0, 0.05) is 0 Å². The van der Waals surface area contributed by atoms with E-state index >= 15 is 0 Å². The van der Waals surface area contributed by atoms with E-state index in [1.807, 2.05) is 0 Å². The van der Waals surface area contributed by atoms with Crippen molar-refractivity contribution in [1.29, 1.82) is 0 Å². The van der Waals surface area contributed by atoms with Gasteiger partial charge in [0.15, 0.2) is 0 Å². The zero-order chi connectivity index (χ0) is 26.2. The van der Waals surface area contributed by atoms with E-state index < -0.39 is 0 Å². The van der Waals surface area contributed by atoms with E-state index in [4.69, 9.17) is 19.4 Å². The normalized spacial score (nSPS) is 10.5. The van der Waals surface area contributed by atoms with Gasteiger partial charge in [0.05, 0.1) is 0 Å². The van der Waals surface area contributed by atoms with Crippen molar-refractivity contribution in [2.45, 2.75) is 120 Å².